The highest BCUT2D eigenvalue weighted by Crippen LogP contribution is 2.26. The number of benzene rings is 1. The lowest BCUT2D eigenvalue weighted by molar-refractivity contribution is -0.140. The molecular weight excluding hydrogens is 224 g/mol. The molecule has 0 saturated carbocycles. The van der Waals surface area contributed by atoms with E-state index in [1.807, 2.05) is 31.2 Å². The molecule has 1 atom stereocenters. The number of hydrogen-bond donors (Lipinski definition) is 0. The number of esters is 1. The van der Waals surface area contributed by atoms with Crippen LogP contribution in [0, 0.1) is 0 Å². The van der Waals surface area contributed by atoms with Gasteiger partial charge in [-0.05, 0) is 24.3 Å². The quantitative estimate of drug-likeness (QED) is 0.585. The molecule has 4 heteroatoms. The maximum absolute atomic E-state index is 11.1. The molecule has 0 aliphatic carbocycles. The number of ether oxygens (including phenoxy) is 2. The minimum atomic E-state index is -0.173. The fourth-order valence-electron chi connectivity index (χ4n) is 1.25. The third-order valence-corrected chi connectivity index (χ3v) is 3.19. The summed E-state index contributed by atoms with van der Waals surface area (Å²) in [4.78, 5) is 12.2. The molecule has 0 aliphatic heterocycles. The summed E-state index contributed by atoms with van der Waals surface area (Å²) in [6, 6.07) is 7.79. The van der Waals surface area contributed by atoms with Crippen LogP contribution in [-0.4, -0.2) is 25.4 Å². The predicted octanol–water partition coefficient (Wildman–Crippen LogP) is 2.74. The lowest BCUT2D eigenvalue weighted by Crippen LogP contribution is -2.08. The standard InChI is InChI=1S/C12H16O3S/c1-9(8-12(13)15-3)16-11-6-4-10(14-2)5-7-11/h4-7,9H,8H2,1-3H3/t9-/m0/s1. The SMILES string of the molecule is COC(=O)C[C@H](C)Sc1ccc(OC)cc1. The van der Waals surface area contributed by atoms with Crippen molar-refractivity contribution in [3.8, 4) is 5.75 Å². The van der Waals surface area contributed by atoms with Crippen molar-refractivity contribution in [1.82, 2.24) is 0 Å². The van der Waals surface area contributed by atoms with Gasteiger partial charge in [0, 0.05) is 10.1 Å². The second kappa shape index (κ2) is 6.43. The molecule has 0 unspecified atom stereocenters. The Balaban J connectivity index is 2.49. The van der Waals surface area contributed by atoms with Crippen LogP contribution in [-0.2, 0) is 9.53 Å². The highest BCUT2D eigenvalue weighted by atomic mass is 32.2. The molecule has 0 bridgehead atoms. The average molecular weight is 240 g/mol. The second-order valence-electron chi connectivity index (χ2n) is 3.38. The topological polar surface area (TPSA) is 35.5 Å². The Morgan fingerprint density at radius 1 is 1.31 bits per heavy atom. The first-order chi connectivity index (χ1) is 7.65. The summed E-state index contributed by atoms with van der Waals surface area (Å²) in [5.74, 6) is 0.665. The van der Waals surface area contributed by atoms with Gasteiger partial charge in [-0.15, -0.1) is 11.8 Å². The van der Waals surface area contributed by atoms with Gasteiger partial charge in [-0.25, -0.2) is 0 Å². The maximum Gasteiger partial charge on any atom is 0.306 e. The fourth-order valence-corrected chi connectivity index (χ4v) is 2.22. The minimum Gasteiger partial charge on any atom is -0.497 e. The van der Waals surface area contributed by atoms with Gasteiger partial charge in [0.05, 0.1) is 20.6 Å². The fraction of sp³-hybridized carbons (Fsp3) is 0.417. The highest BCUT2D eigenvalue weighted by Gasteiger charge is 2.10. The van der Waals surface area contributed by atoms with E-state index >= 15 is 0 Å². The minimum absolute atomic E-state index is 0.173. The van der Waals surface area contributed by atoms with Crippen LogP contribution in [0.2, 0.25) is 0 Å². The highest BCUT2D eigenvalue weighted by molar-refractivity contribution is 8.00. The molecule has 0 saturated heterocycles. The average Bonchev–Trinajstić information content (AvgIpc) is 2.29. The van der Waals surface area contributed by atoms with E-state index in [4.69, 9.17) is 4.74 Å². The number of hydrogen-bond acceptors (Lipinski definition) is 4. The summed E-state index contributed by atoms with van der Waals surface area (Å²) in [5, 5.41) is 0.209. The third-order valence-electron chi connectivity index (χ3n) is 2.08. The van der Waals surface area contributed by atoms with Gasteiger partial charge < -0.3 is 9.47 Å². The van der Waals surface area contributed by atoms with Crippen molar-refractivity contribution in [2.24, 2.45) is 0 Å². The zero-order chi connectivity index (χ0) is 12.0. The Bertz CT molecular complexity index is 335. The van der Waals surface area contributed by atoms with E-state index in [-0.39, 0.29) is 11.2 Å². The van der Waals surface area contributed by atoms with Crippen LogP contribution in [0.3, 0.4) is 0 Å². The van der Waals surface area contributed by atoms with Crippen LogP contribution in [0.1, 0.15) is 13.3 Å². The number of methoxy groups -OCH3 is 2. The van der Waals surface area contributed by atoms with Crippen molar-refractivity contribution >= 4 is 17.7 Å². The molecule has 3 nitrogen and oxygen atoms in total. The normalized spacial score (nSPS) is 11.9. The zero-order valence-electron chi connectivity index (χ0n) is 9.73. The molecule has 1 aromatic carbocycles. The molecule has 0 N–H and O–H groups in total. The summed E-state index contributed by atoms with van der Waals surface area (Å²) < 4.78 is 9.70. The van der Waals surface area contributed by atoms with Gasteiger partial charge in [0.25, 0.3) is 0 Å². The first-order valence-corrected chi connectivity index (χ1v) is 5.91. The summed E-state index contributed by atoms with van der Waals surface area (Å²) >= 11 is 1.65. The molecule has 0 radical (unpaired) electrons. The summed E-state index contributed by atoms with van der Waals surface area (Å²) in [5.41, 5.74) is 0. The molecule has 0 fully saturated rings. The molecule has 0 aliphatic rings. The lowest BCUT2D eigenvalue weighted by Gasteiger charge is -2.09. The van der Waals surface area contributed by atoms with Gasteiger partial charge in [0.2, 0.25) is 0 Å². The largest absolute Gasteiger partial charge is 0.497 e. The van der Waals surface area contributed by atoms with Crippen molar-refractivity contribution in [2.45, 2.75) is 23.5 Å². The van der Waals surface area contributed by atoms with E-state index < -0.39 is 0 Å². The van der Waals surface area contributed by atoms with Gasteiger partial charge in [-0.2, -0.15) is 0 Å². The van der Waals surface area contributed by atoms with Crippen LogP contribution >= 0.6 is 11.8 Å². The lowest BCUT2D eigenvalue weighted by atomic mass is 10.3. The number of rotatable bonds is 5. The van der Waals surface area contributed by atoms with Crippen molar-refractivity contribution in [3.05, 3.63) is 24.3 Å². The summed E-state index contributed by atoms with van der Waals surface area (Å²) in [7, 11) is 3.05. The Labute approximate surface area is 100 Å². The Morgan fingerprint density at radius 3 is 2.44 bits per heavy atom. The first kappa shape index (κ1) is 12.9. The van der Waals surface area contributed by atoms with Crippen molar-refractivity contribution < 1.29 is 14.3 Å². The van der Waals surface area contributed by atoms with Gasteiger partial charge in [0.1, 0.15) is 5.75 Å². The second-order valence-corrected chi connectivity index (χ2v) is 4.90. The van der Waals surface area contributed by atoms with Crippen LogP contribution in [0.4, 0.5) is 0 Å². The van der Waals surface area contributed by atoms with Gasteiger partial charge >= 0.3 is 5.97 Å². The Hall–Kier alpha value is -1.16. The molecule has 0 amide bonds. The van der Waals surface area contributed by atoms with Crippen LogP contribution in [0.15, 0.2) is 29.2 Å². The van der Waals surface area contributed by atoms with Crippen LogP contribution in [0.5, 0.6) is 5.75 Å². The van der Waals surface area contributed by atoms with Crippen molar-refractivity contribution in [2.75, 3.05) is 14.2 Å². The first-order valence-electron chi connectivity index (χ1n) is 5.03. The molecular formula is C12H16O3S. The summed E-state index contributed by atoms with van der Waals surface area (Å²) in [6.45, 7) is 2.01. The monoisotopic (exact) mass is 240 g/mol. The van der Waals surface area contributed by atoms with Crippen molar-refractivity contribution in [3.63, 3.8) is 0 Å². The zero-order valence-corrected chi connectivity index (χ0v) is 10.5. The smallest absolute Gasteiger partial charge is 0.306 e. The molecule has 0 spiro atoms. The van der Waals surface area contributed by atoms with Crippen LogP contribution in [0.25, 0.3) is 0 Å². The molecule has 16 heavy (non-hydrogen) atoms. The van der Waals surface area contributed by atoms with E-state index in [0.29, 0.717) is 6.42 Å². The Morgan fingerprint density at radius 2 is 1.94 bits per heavy atom. The van der Waals surface area contributed by atoms with Crippen LogP contribution < -0.4 is 4.74 Å². The number of carbonyl (C=O) groups is 1. The summed E-state index contributed by atoms with van der Waals surface area (Å²) in [6.07, 6.45) is 0.424. The van der Waals surface area contributed by atoms with E-state index in [1.54, 1.807) is 18.9 Å². The Kier molecular flexibility index (Phi) is 5.19. The van der Waals surface area contributed by atoms with E-state index in [1.165, 1.54) is 7.11 Å². The van der Waals surface area contributed by atoms with E-state index in [9.17, 15) is 4.79 Å². The van der Waals surface area contributed by atoms with E-state index in [0.717, 1.165) is 10.6 Å². The van der Waals surface area contributed by atoms with Crippen molar-refractivity contribution in [1.29, 1.82) is 0 Å². The molecule has 1 rings (SSSR count). The number of thioether (sulfide) groups is 1. The van der Waals surface area contributed by atoms with E-state index in [2.05, 4.69) is 4.74 Å². The van der Waals surface area contributed by atoms with Gasteiger partial charge in [0.15, 0.2) is 0 Å². The molecule has 0 heterocycles. The molecule has 0 aromatic heterocycles. The third kappa shape index (κ3) is 4.14. The number of carbonyl (C=O) groups excluding carboxylic acids is 1. The predicted molar refractivity (Wildman–Crippen MR) is 64.9 cm³/mol. The molecule has 88 valence electrons. The van der Waals surface area contributed by atoms with Gasteiger partial charge in [-0.1, -0.05) is 6.92 Å². The van der Waals surface area contributed by atoms with Gasteiger partial charge in [-0.3, -0.25) is 4.79 Å². The maximum atomic E-state index is 11.1. The molecule has 1 aromatic rings.